The Bertz CT molecular complexity index is 756. The maximum atomic E-state index is 12.8. The number of phenols is 1. The van der Waals surface area contributed by atoms with Gasteiger partial charge in [0.05, 0.1) is 16.6 Å². The molecule has 3 rings (SSSR count). The Morgan fingerprint density at radius 3 is 2.61 bits per heavy atom. The lowest BCUT2D eigenvalue weighted by Gasteiger charge is -2.23. The summed E-state index contributed by atoms with van der Waals surface area (Å²) in [6.45, 7) is 0. The molecule has 0 spiro atoms. The van der Waals surface area contributed by atoms with Gasteiger partial charge in [0.2, 0.25) is 0 Å². The van der Waals surface area contributed by atoms with Crippen LogP contribution in [0.4, 0.5) is 13.2 Å². The van der Waals surface area contributed by atoms with Crippen molar-refractivity contribution in [2.75, 3.05) is 0 Å². The highest BCUT2D eigenvalue weighted by molar-refractivity contribution is 7.12. The number of alkyl halides is 3. The summed E-state index contributed by atoms with van der Waals surface area (Å²) in [5.74, 6) is -2.21. The summed E-state index contributed by atoms with van der Waals surface area (Å²) in [7, 11) is 0. The number of nitrogens with zero attached hydrogens (tertiary/aromatic N) is 2. The van der Waals surface area contributed by atoms with Crippen LogP contribution in [0.25, 0.3) is 0 Å². The molecule has 1 aliphatic rings. The second-order valence-corrected chi connectivity index (χ2v) is 5.90. The smallest absolute Gasteiger partial charge is 0.473 e. The number of para-hydroxylation sites is 1. The molecule has 1 aliphatic heterocycles. The van der Waals surface area contributed by atoms with Crippen molar-refractivity contribution in [3.63, 3.8) is 0 Å². The number of rotatable bonds is 2. The van der Waals surface area contributed by atoms with Crippen molar-refractivity contribution in [3.05, 3.63) is 52.2 Å². The molecule has 0 saturated heterocycles. The molecule has 1 amide bonds. The fourth-order valence-electron chi connectivity index (χ4n) is 2.43. The van der Waals surface area contributed by atoms with E-state index in [-0.39, 0.29) is 17.7 Å². The van der Waals surface area contributed by atoms with Crippen LogP contribution in [0.15, 0.2) is 46.9 Å². The van der Waals surface area contributed by atoms with E-state index in [1.807, 2.05) is 0 Å². The zero-order valence-electron chi connectivity index (χ0n) is 11.6. The topological polar surface area (TPSA) is 52.9 Å². The maximum Gasteiger partial charge on any atom is 0.473 e. The number of halogens is 3. The van der Waals surface area contributed by atoms with Gasteiger partial charge in [-0.25, -0.2) is 5.01 Å². The molecule has 0 unspecified atom stereocenters. The third kappa shape index (κ3) is 2.94. The average Bonchev–Trinajstić information content (AvgIpc) is 3.15. The van der Waals surface area contributed by atoms with E-state index in [9.17, 15) is 23.1 Å². The third-order valence-electron chi connectivity index (χ3n) is 3.46. The Morgan fingerprint density at radius 2 is 2.00 bits per heavy atom. The second-order valence-electron chi connectivity index (χ2n) is 4.95. The highest BCUT2D eigenvalue weighted by Crippen LogP contribution is 2.39. The molecule has 8 heteroatoms. The highest BCUT2D eigenvalue weighted by atomic mass is 32.1. The van der Waals surface area contributed by atoms with Crippen LogP contribution in [-0.4, -0.2) is 27.9 Å². The first-order valence-corrected chi connectivity index (χ1v) is 7.55. The van der Waals surface area contributed by atoms with Gasteiger partial charge < -0.3 is 5.11 Å². The Labute approximate surface area is 133 Å². The predicted molar refractivity (Wildman–Crippen MR) is 79.2 cm³/mol. The Kier molecular flexibility index (Phi) is 3.85. The van der Waals surface area contributed by atoms with Crippen molar-refractivity contribution in [1.82, 2.24) is 5.01 Å². The minimum absolute atomic E-state index is 0.111. The van der Waals surface area contributed by atoms with Crippen LogP contribution < -0.4 is 0 Å². The van der Waals surface area contributed by atoms with Gasteiger partial charge in [-0.2, -0.15) is 18.3 Å². The maximum absolute atomic E-state index is 12.8. The fourth-order valence-corrected chi connectivity index (χ4v) is 3.15. The number of hydrogen-bond acceptors (Lipinski definition) is 4. The molecular formula is C15H11F3N2O2S. The van der Waals surface area contributed by atoms with Gasteiger partial charge in [-0.3, -0.25) is 4.79 Å². The van der Waals surface area contributed by atoms with E-state index in [1.165, 1.54) is 23.5 Å². The third-order valence-corrected chi connectivity index (χ3v) is 4.38. The van der Waals surface area contributed by atoms with Crippen LogP contribution >= 0.6 is 11.3 Å². The van der Waals surface area contributed by atoms with E-state index >= 15 is 0 Å². The number of phenolic OH excluding ortho intramolecular Hbond substituents is 1. The number of amides is 1. The van der Waals surface area contributed by atoms with Crippen LogP contribution in [-0.2, 0) is 4.79 Å². The molecule has 1 aromatic heterocycles. The number of benzene rings is 1. The summed E-state index contributed by atoms with van der Waals surface area (Å²) in [5.41, 5.74) is 0.631. The molecule has 23 heavy (non-hydrogen) atoms. The Balaban J connectivity index is 2.02. The van der Waals surface area contributed by atoms with Crippen molar-refractivity contribution in [1.29, 1.82) is 0 Å². The first-order valence-electron chi connectivity index (χ1n) is 6.67. The molecule has 120 valence electrons. The minimum atomic E-state index is -5.03. The molecule has 1 atom stereocenters. The molecular weight excluding hydrogens is 329 g/mol. The zero-order chi connectivity index (χ0) is 16.6. The van der Waals surface area contributed by atoms with Gasteiger partial charge in [-0.15, -0.1) is 11.3 Å². The van der Waals surface area contributed by atoms with E-state index in [4.69, 9.17) is 0 Å². The lowest BCUT2D eigenvalue weighted by Crippen LogP contribution is -2.38. The summed E-state index contributed by atoms with van der Waals surface area (Å²) in [5, 5.41) is 16.0. The fraction of sp³-hybridized carbons (Fsp3) is 0.200. The lowest BCUT2D eigenvalue weighted by molar-refractivity contribution is -0.187. The molecule has 2 aromatic rings. The van der Waals surface area contributed by atoms with E-state index < -0.39 is 18.1 Å². The van der Waals surface area contributed by atoms with Gasteiger partial charge in [-0.05, 0) is 17.5 Å². The number of carbonyl (C=O) groups is 1. The van der Waals surface area contributed by atoms with Gasteiger partial charge in [-0.1, -0.05) is 24.3 Å². The van der Waals surface area contributed by atoms with Crippen LogP contribution in [0.2, 0.25) is 0 Å². The van der Waals surface area contributed by atoms with Gasteiger partial charge >= 0.3 is 12.1 Å². The lowest BCUT2D eigenvalue weighted by atomic mass is 10.00. The van der Waals surface area contributed by atoms with Crippen molar-refractivity contribution >= 4 is 23.0 Å². The summed E-state index contributed by atoms with van der Waals surface area (Å²) >= 11 is 1.33. The van der Waals surface area contributed by atoms with Gasteiger partial charge in [0.25, 0.3) is 0 Å². The Hall–Kier alpha value is -2.35. The largest absolute Gasteiger partial charge is 0.508 e. The first-order chi connectivity index (χ1) is 10.9. The number of aromatic hydroxyl groups is 1. The van der Waals surface area contributed by atoms with Gasteiger partial charge in [0.1, 0.15) is 5.75 Å². The van der Waals surface area contributed by atoms with Gasteiger partial charge in [0, 0.05) is 12.0 Å². The monoisotopic (exact) mass is 340 g/mol. The predicted octanol–water partition coefficient (Wildman–Crippen LogP) is 3.69. The van der Waals surface area contributed by atoms with E-state index in [0.29, 0.717) is 15.6 Å². The first kappa shape index (κ1) is 15.5. The number of hydrogen-bond donors (Lipinski definition) is 1. The minimum Gasteiger partial charge on any atom is -0.508 e. The van der Waals surface area contributed by atoms with Crippen LogP contribution in [0, 0.1) is 0 Å². The molecule has 0 radical (unpaired) electrons. The summed E-state index contributed by atoms with van der Waals surface area (Å²) in [6, 6.07) is 8.51. The molecule has 0 saturated carbocycles. The summed E-state index contributed by atoms with van der Waals surface area (Å²) in [6.07, 6.45) is -4.92. The molecule has 0 bridgehead atoms. The van der Waals surface area contributed by atoms with Crippen LogP contribution in [0.1, 0.15) is 22.9 Å². The van der Waals surface area contributed by atoms with E-state index in [0.717, 1.165) is 0 Å². The molecule has 2 heterocycles. The van der Waals surface area contributed by atoms with Crippen molar-refractivity contribution in [2.45, 2.75) is 18.6 Å². The Morgan fingerprint density at radius 1 is 1.26 bits per heavy atom. The molecule has 4 nitrogen and oxygen atoms in total. The number of carbonyl (C=O) groups excluding carboxylic acids is 1. The second kappa shape index (κ2) is 5.69. The molecule has 1 N–H and O–H groups in total. The van der Waals surface area contributed by atoms with E-state index in [1.54, 1.807) is 29.6 Å². The average molecular weight is 340 g/mol. The molecule has 0 aliphatic carbocycles. The van der Waals surface area contributed by atoms with Crippen molar-refractivity contribution in [3.8, 4) is 5.75 Å². The number of hydrazone groups is 1. The molecule has 1 aromatic carbocycles. The number of thiophene rings is 1. The highest BCUT2D eigenvalue weighted by Gasteiger charge is 2.48. The zero-order valence-corrected chi connectivity index (χ0v) is 12.4. The molecule has 0 fully saturated rings. The summed E-state index contributed by atoms with van der Waals surface area (Å²) in [4.78, 5) is 12.4. The van der Waals surface area contributed by atoms with Gasteiger partial charge in [0.15, 0.2) is 0 Å². The van der Waals surface area contributed by atoms with Crippen molar-refractivity contribution in [2.24, 2.45) is 5.10 Å². The summed E-state index contributed by atoms with van der Waals surface area (Å²) < 4.78 is 38.5. The standard InChI is InChI=1S/C15H11F3N2O2S/c16-15(17,18)14(22)20-11(9-4-1-2-5-12(9)21)8-10(19-20)13-6-3-7-23-13/h1-7,11,21H,8H2/t11-/m1/s1. The van der Waals surface area contributed by atoms with E-state index in [2.05, 4.69) is 5.10 Å². The van der Waals surface area contributed by atoms with Crippen LogP contribution in [0.3, 0.4) is 0 Å². The van der Waals surface area contributed by atoms with Crippen LogP contribution in [0.5, 0.6) is 5.75 Å². The SMILES string of the molecule is O=C(N1N=C(c2cccs2)C[C@@H]1c1ccccc1O)C(F)(F)F. The van der Waals surface area contributed by atoms with Crippen molar-refractivity contribution < 1.29 is 23.1 Å². The normalized spacial score (nSPS) is 18.1. The quantitative estimate of drug-likeness (QED) is 0.906.